The lowest BCUT2D eigenvalue weighted by Gasteiger charge is -2.29. The number of aromatic nitrogens is 1. The monoisotopic (exact) mass is 633 g/mol. The molecule has 7 nitrogen and oxygen atoms in total. The number of thiazole rings is 1. The van der Waals surface area contributed by atoms with Crippen molar-refractivity contribution in [2.45, 2.75) is 26.8 Å². The number of hydrogen-bond acceptors (Lipinski definition) is 6. The number of halogens is 2. The smallest absolute Gasteiger partial charge is 0.271 e. The number of benzene rings is 2. The number of para-hydroxylation sites is 1. The van der Waals surface area contributed by atoms with Crippen LogP contribution in [0.1, 0.15) is 37.9 Å². The maximum Gasteiger partial charge on any atom is 0.271 e. The molecule has 36 heavy (non-hydrogen) atoms. The minimum atomic E-state index is -0.689. The Morgan fingerprint density at radius 2 is 1.86 bits per heavy atom. The third-order valence-corrected chi connectivity index (χ3v) is 8.27. The van der Waals surface area contributed by atoms with E-state index >= 15 is 0 Å². The van der Waals surface area contributed by atoms with Crippen LogP contribution in [0.2, 0.25) is 0 Å². The van der Waals surface area contributed by atoms with Crippen LogP contribution in [0, 0.1) is 0 Å². The van der Waals surface area contributed by atoms with Crippen molar-refractivity contribution in [2.24, 2.45) is 4.99 Å². The topological polar surface area (TPSA) is 84.1 Å². The number of methoxy groups -OCH3 is 1. The van der Waals surface area contributed by atoms with Gasteiger partial charge in [-0.15, -0.1) is 0 Å². The van der Waals surface area contributed by atoms with Crippen molar-refractivity contribution in [2.75, 3.05) is 20.2 Å². The lowest BCUT2D eigenvalue weighted by molar-refractivity contribution is -0.127. The van der Waals surface area contributed by atoms with E-state index in [4.69, 9.17) is 9.73 Å². The van der Waals surface area contributed by atoms with E-state index in [1.165, 1.54) is 11.3 Å². The zero-order chi connectivity index (χ0) is 26.1. The molecule has 0 bridgehead atoms. The fourth-order valence-electron chi connectivity index (χ4n) is 4.28. The molecule has 0 radical (unpaired) electrons. The Kier molecular flexibility index (Phi) is 7.87. The Morgan fingerprint density at radius 1 is 1.22 bits per heavy atom. The van der Waals surface area contributed by atoms with Gasteiger partial charge >= 0.3 is 0 Å². The normalized spacial score (nSPS) is 15.5. The van der Waals surface area contributed by atoms with Crippen LogP contribution >= 0.6 is 43.2 Å². The molecule has 3 aromatic rings. The average Bonchev–Trinajstić information content (AvgIpc) is 3.16. The number of rotatable bonds is 6. The molecule has 10 heteroatoms. The van der Waals surface area contributed by atoms with E-state index in [9.17, 15) is 14.7 Å². The summed E-state index contributed by atoms with van der Waals surface area (Å²) >= 11 is 7.94. The lowest BCUT2D eigenvalue weighted by atomic mass is 9.94. The van der Waals surface area contributed by atoms with Gasteiger partial charge in [-0.1, -0.05) is 29.5 Å². The van der Waals surface area contributed by atoms with Crippen molar-refractivity contribution < 1.29 is 14.6 Å². The summed E-state index contributed by atoms with van der Waals surface area (Å²) in [5.74, 6) is 0.515. The number of fused-ring (bicyclic) bond motifs is 1. The van der Waals surface area contributed by atoms with Crippen molar-refractivity contribution in [3.05, 3.63) is 87.4 Å². The van der Waals surface area contributed by atoms with E-state index in [-0.39, 0.29) is 17.2 Å². The number of phenols is 1. The second-order valence-corrected chi connectivity index (χ2v) is 10.9. The second-order valence-electron chi connectivity index (χ2n) is 8.13. The summed E-state index contributed by atoms with van der Waals surface area (Å²) in [6.07, 6.45) is 1.75. The molecule has 2 heterocycles. The summed E-state index contributed by atoms with van der Waals surface area (Å²) < 4.78 is 8.70. The summed E-state index contributed by atoms with van der Waals surface area (Å²) in [7, 11) is 1.57. The van der Waals surface area contributed by atoms with Gasteiger partial charge in [0, 0.05) is 18.7 Å². The number of amides is 1. The van der Waals surface area contributed by atoms with Gasteiger partial charge in [0.25, 0.3) is 11.5 Å². The van der Waals surface area contributed by atoms with E-state index in [2.05, 4.69) is 31.9 Å². The number of allylic oxidation sites excluding steroid dienone is 1. The molecule has 2 aromatic carbocycles. The Morgan fingerprint density at radius 3 is 2.47 bits per heavy atom. The zero-order valence-corrected chi connectivity index (χ0v) is 24.2. The third kappa shape index (κ3) is 4.69. The highest BCUT2D eigenvalue weighted by Gasteiger charge is 2.35. The molecule has 0 saturated heterocycles. The van der Waals surface area contributed by atoms with Gasteiger partial charge in [0.05, 0.1) is 31.9 Å². The minimum Gasteiger partial charge on any atom is -0.506 e. The Balaban J connectivity index is 2.00. The van der Waals surface area contributed by atoms with Crippen molar-refractivity contribution >= 4 is 55.2 Å². The van der Waals surface area contributed by atoms with Crippen LogP contribution in [0.3, 0.4) is 0 Å². The SMILES string of the molecule is CCN(CC)C(=O)C1=C(C)N=c2s/c(=C/c3cc(Br)c(O)c(Br)c3)c(=O)n2[C@@H]1c1ccccc1OC. The van der Waals surface area contributed by atoms with Crippen molar-refractivity contribution in [1.29, 1.82) is 0 Å². The first-order valence-corrected chi connectivity index (χ1v) is 13.7. The predicted octanol–water partition coefficient (Wildman–Crippen LogP) is 4.34. The Hall–Kier alpha value is -2.69. The maximum atomic E-state index is 13.8. The largest absolute Gasteiger partial charge is 0.506 e. The quantitative estimate of drug-likeness (QED) is 0.437. The molecular formula is C26H25Br2N3O4S. The van der Waals surface area contributed by atoms with Crippen LogP contribution in [0.25, 0.3) is 6.08 Å². The van der Waals surface area contributed by atoms with Gasteiger partial charge in [0.1, 0.15) is 17.5 Å². The fourth-order valence-corrected chi connectivity index (χ4v) is 6.55. The van der Waals surface area contributed by atoms with Gasteiger partial charge in [-0.25, -0.2) is 4.99 Å². The van der Waals surface area contributed by atoms with Crippen LogP contribution in [0.4, 0.5) is 0 Å². The number of carbonyl (C=O) groups is 1. The molecular weight excluding hydrogens is 610 g/mol. The molecule has 188 valence electrons. The van der Waals surface area contributed by atoms with Gasteiger partial charge in [0.15, 0.2) is 4.80 Å². The van der Waals surface area contributed by atoms with Crippen molar-refractivity contribution in [3.63, 3.8) is 0 Å². The van der Waals surface area contributed by atoms with Crippen LogP contribution in [0.5, 0.6) is 11.5 Å². The standard InChI is InChI=1S/C26H25Br2N3O4S/c1-5-30(6-2)25(34)21-14(3)29-26-31(22(21)16-9-7-8-10-19(16)35-4)24(33)20(36-26)13-15-11-17(27)23(32)18(28)12-15/h7-13,22,32H,5-6H2,1-4H3/b20-13+/t22-/m1/s1. The van der Waals surface area contributed by atoms with Crippen molar-refractivity contribution in [1.82, 2.24) is 9.47 Å². The van der Waals surface area contributed by atoms with Gasteiger partial charge in [-0.3, -0.25) is 14.2 Å². The number of carbonyl (C=O) groups excluding carboxylic acids is 1. The van der Waals surface area contributed by atoms with Crippen LogP contribution in [0.15, 0.2) is 66.4 Å². The number of hydrogen-bond donors (Lipinski definition) is 1. The third-order valence-electron chi connectivity index (χ3n) is 6.07. The van der Waals surface area contributed by atoms with Gasteiger partial charge in [0.2, 0.25) is 0 Å². The van der Waals surface area contributed by atoms with E-state index < -0.39 is 6.04 Å². The maximum absolute atomic E-state index is 13.8. The molecule has 1 amide bonds. The highest BCUT2D eigenvalue weighted by molar-refractivity contribution is 9.11. The summed E-state index contributed by atoms with van der Waals surface area (Å²) in [6, 6.07) is 10.2. The molecule has 1 N–H and O–H groups in total. The van der Waals surface area contributed by atoms with E-state index in [0.29, 0.717) is 54.0 Å². The highest BCUT2D eigenvalue weighted by Crippen LogP contribution is 2.36. The summed E-state index contributed by atoms with van der Waals surface area (Å²) in [6.45, 7) is 6.75. The van der Waals surface area contributed by atoms with E-state index in [0.717, 1.165) is 5.56 Å². The van der Waals surface area contributed by atoms with Gasteiger partial charge in [-0.05, 0) is 82.5 Å². The number of aromatic hydroxyl groups is 1. The number of ether oxygens (including phenoxy) is 1. The van der Waals surface area contributed by atoms with Gasteiger partial charge < -0.3 is 14.7 Å². The second kappa shape index (κ2) is 10.7. The van der Waals surface area contributed by atoms with Crippen molar-refractivity contribution in [3.8, 4) is 11.5 Å². The first-order chi connectivity index (χ1) is 17.2. The fraction of sp³-hybridized carbons (Fsp3) is 0.269. The molecule has 0 saturated carbocycles. The van der Waals surface area contributed by atoms with Crippen LogP contribution in [-0.2, 0) is 4.79 Å². The first-order valence-electron chi connectivity index (χ1n) is 11.3. The summed E-state index contributed by atoms with van der Waals surface area (Å²) in [5, 5.41) is 10.1. The van der Waals surface area contributed by atoms with E-state index in [1.54, 1.807) is 34.8 Å². The number of nitrogens with zero attached hydrogens (tertiary/aromatic N) is 3. The average molecular weight is 635 g/mol. The van der Waals surface area contributed by atoms with Crippen LogP contribution in [-0.4, -0.2) is 40.7 Å². The Labute approximate surface area is 229 Å². The lowest BCUT2D eigenvalue weighted by Crippen LogP contribution is -2.43. The molecule has 1 atom stereocenters. The molecule has 1 aliphatic rings. The molecule has 1 aliphatic heterocycles. The van der Waals surface area contributed by atoms with E-state index in [1.807, 2.05) is 45.0 Å². The molecule has 0 unspecified atom stereocenters. The summed E-state index contributed by atoms with van der Waals surface area (Å²) in [5.41, 5.74) is 2.21. The molecule has 1 aromatic heterocycles. The summed E-state index contributed by atoms with van der Waals surface area (Å²) in [4.78, 5) is 34.5. The highest BCUT2D eigenvalue weighted by atomic mass is 79.9. The van der Waals surface area contributed by atoms with Crippen LogP contribution < -0.4 is 19.6 Å². The zero-order valence-electron chi connectivity index (χ0n) is 20.2. The minimum absolute atomic E-state index is 0.0833. The molecule has 0 fully saturated rings. The predicted molar refractivity (Wildman–Crippen MR) is 148 cm³/mol. The molecule has 0 aliphatic carbocycles. The molecule has 4 rings (SSSR count). The molecule has 0 spiro atoms. The number of likely N-dealkylation sites (N-methyl/N-ethyl adjacent to an activating group) is 1. The first kappa shape index (κ1) is 26.4. The Bertz CT molecular complexity index is 1530. The van der Waals surface area contributed by atoms with Gasteiger partial charge in [-0.2, -0.15) is 0 Å². The number of phenolic OH excluding ortho intramolecular Hbond substituents is 1.